The van der Waals surface area contributed by atoms with Crippen molar-refractivity contribution in [2.24, 2.45) is 20.0 Å². The van der Waals surface area contributed by atoms with Crippen molar-refractivity contribution in [2.45, 2.75) is 19.1 Å². The predicted octanol–water partition coefficient (Wildman–Crippen LogP) is 1.63. The van der Waals surface area contributed by atoms with E-state index in [4.69, 9.17) is 4.74 Å². The third-order valence-electron chi connectivity index (χ3n) is 4.03. The molecule has 3 heterocycles. The van der Waals surface area contributed by atoms with Crippen molar-refractivity contribution in [3.05, 3.63) is 42.0 Å². The molecule has 20 heavy (non-hydrogen) atoms. The molecule has 2 atom stereocenters. The zero-order chi connectivity index (χ0) is 13.9. The number of ether oxygens (including phenoxy) is 1. The molecule has 1 fully saturated rings. The van der Waals surface area contributed by atoms with Gasteiger partial charge in [0.25, 0.3) is 0 Å². The summed E-state index contributed by atoms with van der Waals surface area (Å²) in [6, 6.07) is 4.23. The lowest BCUT2D eigenvalue weighted by Crippen LogP contribution is -2.25. The summed E-state index contributed by atoms with van der Waals surface area (Å²) < 4.78 is 9.87. The fraction of sp³-hybridized carbons (Fsp3) is 0.533. The van der Waals surface area contributed by atoms with Crippen molar-refractivity contribution in [3.63, 3.8) is 0 Å². The SMILES string of the molecule is Cn1cc([C@@H]2OCC[C@H]2CNCc2cccn2C)cn1. The third kappa shape index (κ3) is 2.78. The minimum Gasteiger partial charge on any atom is -0.373 e. The average Bonchev–Trinajstić information content (AvgIpc) is 3.12. The zero-order valence-corrected chi connectivity index (χ0v) is 12.1. The molecule has 3 rings (SSSR count). The van der Waals surface area contributed by atoms with Gasteiger partial charge >= 0.3 is 0 Å². The maximum Gasteiger partial charge on any atom is 0.0896 e. The van der Waals surface area contributed by atoms with E-state index in [9.17, 15) is 0 Å². The lowest BCUT2D eigenvalue weighted by atomic mass is 9.97. The summed E-state index contributed by atoms with van der Waals surface area (Å²) in [6.07, 6.45) is 7.35. The van der Waals surface area contributed by atoms with Crippen LogP contribution in [0.3, 0.4) is 0 Å². The van der Waals surface area contributed by atoms with Gasteiger partial charge in [-0.25, -0.2) is 0 Å². The number of aromatic nitrogens is 3. The number of hydrogen-bond donors (Lipinski definition) is 1. The first kappa shape index (κ1) is 13.4. The van der Waals surface area contributed by atoms with Gasteiger partial charge < -0.3 is 14.6 Å². The van der Waals surface area contributed by atoms with Crippen LogP contribution in [0.25, 0.3) is 0 Å². The Morgan fingerprint density at radius 3 is 3.05 bits per heavy atom. The Labute approximate surface area is 119 Å². The molecule has 0 aromatic carbocycles. The van der Waals surface area contributed by atoms with E-state index >= 15 is 0 Å². The van der Waals surface area contributed by atoms with Crippen LogP contribution in [-0.4, -0.2) is 27.5 Å². The predicted molar refractivity (Wildman–Crippen MR) is 77.1 cm³/mol. The monoisotopic (exact) mass is 274 g/mol. The van der Waals surface area contributed by atoms with Crippen molar-refractivity contribution < 1.29 is 4.74 Å². The van der Waals surface area contributed by atoms with Gasteiger partial charge in [0.2, 0.25) is 0 Å². The molecular weight excluding hydrogens is 252 g/mol. The molecule has 0 saturated carbocycles. The van der Waals surface area contributed by atoms with Gasteiger partial charge in [-0.2, -0.15) is 5.10 Å². The Hall–Kier alpha value is -1.59. The number of nitrogens with zero attached hydrogens (tertiary/aromatic N) is 3. The van der Waals surface area contributed by atoms with Crippen molar-refractivity contribution in [1.29, 1.82) is 0 Å². The van der Waals surface area contributed by atoms with Gasteiger partial charge in [-0.15, -0.1) is 0 Å². The van der Waals surface area contributed by atoms with Gasteiger partial charge in [-0.1, -0.05) is 0 Å². The molecule has 108 valence electrons. The normalized spacial score (nSPS) is 22.5. The summed E-state index contributed by atoms with van der Waals surface area (Å²) in [5.41, 5.74) is 2.50. The minimum absolute atomic E-state index is 0.185. The van der Waals surface area contributed by atoms with Gasteiger partial charge in [0.1, 0.15) is 0 Å². The van der Waals surface area contributed by atoms with E-state index in [-0.39, 0.29) is 6.10 Å². The van der Waals surface area contributed by atoms with Crippen LogP contribution in [0.1, 0.15) is 23.8 Å². The van der Waals surface area contributed by atoms with E-state index < -0.39 is 0 Å². The maximum absolute atomic E-state index is 5.88. The number of aryl methyl sites for hydroxylation is 2. The minimum atomic E-state index is 0.185. The summed E-state index contributed by atoms with van der Waals surface area (Å²) in [7, 11) is 4.02. The van der Waals surface area contributed by atoms with Crippen LogP contribution in [0.2, 0.25) is 0 Å². The van der Waals surface area contributed by atoms with Crippen LogP contribution in [0.4, 0.5) is 0 Å². The van der Waals surface area contributed by atoms with Gasteiger partial charge in [-0.05, 0) is 18.6 Å². The number of nitrogens with one attached hydrogen (secondary N) is 1. The van der Waals surface area contributed by atoms with Crippen LogP contribution in [0.15, 0.2) is 30.7 Å². The molecule has 0 bridgehead atoms. The quantitative estimate of drug-likeness (QED) is 0.901. The van der Waals surface area contributed by atoms with Crippen molar-refractivity contribution in [3.8, 4) is 0 Å². The van der Waals surface area contributed by atoms with E-state index in [1.165, 1.54) is 11.3 Å². The lowest BCUT2D eigenvalue weighted by molar-refractivity contribution is 0.0903. The molecular formula is C15H22N4O. The topological polar surface area (TPSA) is 44.0 Å². The molecule has 0 radical (unpaired) electrons. The van der Waals surface area contributed by atoms with Gasteiger partial charge in [-0.3, -0.25) is 4.68 Å². The molecule has 0 aliphatic carbocycles. The second kappa shape index (κ2) is 5.81. The highest BCUT2D eigenvalue weighted by molar-refractivity contribution is 5.11. The molecule has 0 spiro atoms. The Balaban J connectivity index is 1.55. The number of rotatable bonds is 5. The smallest absolute Gasteiger partial charge is 0.0896 e. The van der Waals surface area contributed by atoms with Crippen molar-refractivity contribution in [1.82, 2.24) is 19.7 Å². The van der Waals surface area contributed by atoms with Gasteiger partial charge in [0.05, 0.1) is 12.3 Å². The molecule has 1 aliphatic rings. The van der Waals surface area contributed by atoms with Gasteiger partial charge in [0.15, 0.2) is 0 Å². The van der Waals surface area contributed by atoms with Crippen molar-refractivity contribution in [2.75, 3.05) is 13.2 Å². The number of hydrogen-bond acceptors (Lipinski definition) is 3. The Morgan fingerprint density at radius 1 is 1.45 bits per heavy atom. The van der Waals surface area contributed by atoms with Crippen LogP contribution in [-0.2, 0) is 25.4 Å². The molecule has 1 aliphatic heterocycles. The fourth-order valence-electron chi connectivity index (χ4n) is 2.86. The Kier molecular flexibility index (Phi) is 3.89. The van der Waals surface area contributed by atoms with Crippen LogP contribution in [0, 0.1) is 5.92 Å². The van der Waals surface area contributed by atoms with E-state index in [1.54, 1.807) is 0 Å². The third-order valence-corrected chi connectivity index (χ3v) is 4.03. The first-order valence-electron chi connectivity index (χ1n) is 7.15. The van der Waals surface area contributed by atoms with Crippen LogP contribution < -0.4 is 5.32 Å². The second-order valence-electron chi connectivity index (χ2n) is 5.53. The summed E-state index contributed by atoms with van der Waals surface area (Å²) in [4.78, 5) is 0. The van der Waals surface area contributed by atoms with Crippen molar-refractivity contribution >= 4 is 0 Å². The Bertz CT molecular complexity index is 560. The molecule has 2 aromatic heterocycles. The highest BCUT2D eigenvalue weighted by atomic mass is 16.5. The Morgan fingerprint density at radius 2 is 2.35 bits per heavy atom. The standard InChI is InChI=1S/C15H22N4O/c1-18-6-3-4-14(18)10-16-8-12-5-7-20-15(12)13-9-17-19(2)11-13/h3-4,6,9,11-12,15-16H,5,7-8,10H2,1-2H3/t12-,15+/m0/s1. The van der Waals surface area contributed by atoms with E-state index in [0.29, 0.717) is 5.92 Å². The first-order chi connectivity index (χ1) is 9.74. The van der Waals surface area contributed by atoms with E-state index in [2.05, 4.69) is 46.6 Å². The molecule has 1 N–H and O–H groups in total. The lowest BCUT2D eigenvalue weighted by Gasteiger charge is -2.18. The molecule has 5 nitrogen and oxygen atoms in total. The van der Waals surface area contributed by atoms with Crippen LogP contribution in [0.5, 0.6) is 0 Å². The zero-order valence-electron chi connectivity index (χ0n) is 12.1. The fourth-order valence-corrected chi connectivity index (χ4v) is 2.86. The largest absolute Gasteiger partial charge is 0.373 e. The van der Waals surface area contributed by atoms with E-state index in [1.807, 2.05) is 17.9 Å². The molecule has 0 amide bonds. The summed E-state index contributed by atoms with van der Waals surface area (Å²) in [5, 5.41) is 7.79. The highest BCUT2D eigenvalue weighted by Gasteiger charge is 2.30. The van der Waals surface area contributed by atoms with E-state index in [0.717, 1.165) is 26.1 Å². The van der Waals surface area contributed by atoms with Crippen LogP contribution >= 0.6 is 0 Å². The average molecular weight is 274 g/mol. The van der Waals surface area contributed by atoms with Gasteiger partial charge in [0, 0.05) is 63.4 Å². The summed E-state index contributed by atoms with van der Waals surface area (Å²) in [5.74, 6) is 0.527. The summed E-state index contributed by atoms with van der Waals surface area (Å²) in [6.45, 7) is 2.72. The molecule has 2 aromatic rings. The first-order valence-corrected chi connectivity index (χ1v) is 7.15. The highest BCUT2D eigenvalue weighted by Crippen LogP contribution is 2.33. The second-order valence-corrected chi connectivity index (χ2v) is 5.53. The molecule has 0 unspecified atom stereocenters. The summed E-state index contributed by atoms with van der Waals surface area (Å²) >= 11 is 0. The molecule has 1 saturated heterocycles. The molecule has 5 heteroatoms. The maximum atomic E-state index is 5.88.